The summed E-state index contributed by atoms with van der Waals surface area (Å²) in [6.07, 6.45) is 30.6. The molecule has 7 rings (SSSR count). The number of nitrogens with two attached hydrogens (primary N) is 1. The molecular formula is C42H36N4. The highest BCUT2D eigenvalue weighted by atomic mass is 15.2. The minimum atomic E-state index is 0.0413. The summed E-state index contributed by atoms with van der Waals surface area (Å²) in [6.45, 7) is 4.76. The first kappa shape index (κ1) is 29.1. The van der Waals surface area contributed by atoms with E-state index < -0.39 is 0 Å². The molecule has 46 heavy (non-hydrogen) atoms. The highest BCUT2D eigenvalue weighted by molar-refractivity contribution is 5.90. The van der Waals surface area contributed by atoms with E-state index in [1.54, 1.807) is 12.1 Å². The van der Waals surface area contributed by atoms with Gasteiger partial charge in [0.2, 0.25) is 0 Å². The molecule has 4 aliphatic carbocycles. The van der Waals surface area contributed by atoms with E-state index in [0.29, 0.717) is 22.7 Å². The number of nitrogens with zero attached hydrogens (tertiary/aromatic N) is 3. The van der Waals surface area contributed by atoms with Crippen molar-refractivity contribution in [3.8, 4) is 12.1 Å². The van der Waals surface area contributed by atoms with Crippen LogP contribution in [0.3, 0.4) is 0 Å². The summed E-state index contributed by atoms with van der Waals surface area (Å²) in [5, 5.41) is 18.9. The molecule has 0 bridgehead atoms. The Balaban J connectivity index is 1.31. The largest absolute Gasteiger partial charge is 0.397 e. The number of rotatable bonds is 5. The Morgan fingerprint density at radius 1 is 0.761 bits per heavy atom. The molecule has 1 aliphatic heterocycles. The zero-order valence-corrected chi connectivity index (χ0v) is 25.9. The van der Waals surface area contributed by atoms with Gasteiger partial charge in [0.15, 0.2) is 0 Å². The molecule has 5 aliphatic rings. The lowest BCUT2D eigenvalue weighted by Gasteiger charge is -2.46. The van der Waals surface area contributed by atoms with Crippen LogP contribution in [0, 0.1) is 40.4 Å². The Morgan fingerprint density at radius 3 is 2.11 bits per heavy atom. The van der Waals surface area contributed by atoms with Gasteiger partial charge in [-0.1, -0.05) is 97.7 Å². The SMILES string of the molecule is C=C1C2C=C(C3=CCC(C4=CCCC=C4)C=C3)C=CC2C2=C(CCC=C2)N1/C(=C(\N)c1ccc(C#N)cc1)c1ccc(C#N)cc1. The molecule has 0 radical (unpaired) electrons. The van der Waals surface area contributed by atoms with Crippen LogP contribution in [0.4, 0.5) is 0 Å². The Morgan fingerprint density at radius 2 is 1.46 bits per heavy atom. The van der Waals surface area contributed by atoms with Gasteiger partial charge < -0.3 is 10.6 Å². The normalized spacial score (nSPS) is 23.8. The molecule has 0 saturated heterocycles. The second-order valence-electron chi connectivity index (χ2n) is 12.4. The van der Waals surface area contributed by atoms with Gasteiger partial charge in [-0.3, -0.25) is 0 Å². The van der Waals surface area contributed by atoms with Gasteiger partial charge in [0.05, 0.1) is 34.7 Å². The molecule has 0 spiro atoms. The van der Waals surface area contributed by atoms with Gasteiger partial charge in [-0.15, -0.1) is 0 Å². The average molecular weight is 597 g/mol. The Kier molecular flexibility index (Phi) is 7.88. The van der Waals surface area contributed by atoms with Crippen molar-refractivity contribution in [1.82, 2.24) is 4.90 Å². The van der Waals surface area contributed by atoms with Gasteiger partial charge in [0.25, 0.3) is 0 Å². The first-order valence-electron chi connectivity index (χ1n) is 16.1. The van der Waals surface area contributed by atoms with Gasteiger partial charge >= 0.3 is 0 Å². The molecule has 0 fully saturated rings. The number of hydrogen-bond acceptors (Lipinski definition) is 4. The first-order valence-corrected chi connectivity index (χ1v) is 16.1. The quantitative estimate of drug-likeness (QED) is 0.349. The van der Waals surface area contributed by atoms with Gasteiger partial charge in [0.1, 0.15) is 0 Å². The lowest BCUT2D eigenvalue weighted by Crippen LogP contribution is -2.37. The van der Waals surface area contributed by atoms with E-state index in [0.717, 1.165) is 54.6 Å². The second kappa shape index (κ2) is 12.4. The standard InChI is InChI=1S/C42H36N4/c1-28-39-25-36(33-21-19-32(20-22-33)31-7-3-2-4-8-31)23-24-37(39)38-9-5-6-10-40(38)46(28)42(35-17-13-30(27-44)14-18-35)41(45)34-15-11-29(26-43)12-16-34/h3,5,7-9,11-19,21-25,32,37,39H,1-2,4,6,10,20,45H2/b42-41-. The van der Waals surface area contributed by atoms with Crippen LogP contribution < -0.4 is 5.73 Å². The van der Waals surface area contributed by atoms with Crippen molar-refractivity contribution in [3.63, 3.8) is 0 Å². The molecule has 0 aromatic heterocycles. The molecule has 224 valence electrons. The number of nitriles is 2. The highest BCUT2D eigenvalue weighted by Gasteiger charge is 2.39. The van der Waals surface area contributed by atoms with Crippen LogP contribution in [0.25, 0.3) is 11.4 Å². The third kappa shape index (κ3) is 5.33. The third-order valence-electron chi connectivity index (χ3n) is 9.68. The molecule has 0 saturated carbocycles. The summed E-state index contributed by atoms with van der Waals surface area (Å²) < 4.78 is 0. The van der Waals surface area contributed by atoms with Crippen LogP contribution in [-0.4, -0.2) is 4.90 Å². The molecule has 4 heteroatoms. The molecular weight excluding hydrogens is 560 g/mol. The van der Waals surface area contributed by atoms with Crippen molar-refractivity contribution in [1.29, 1.82) is 10.5 Å². The second-order valence-corrected chi connectivity index (χ2v) is 12.4. The predicted octanol–water partition coefficient (Wildman–Crippen LogP) is 9.16. The molecule has 4 nitrogen and oxygen atoms in total. The zero-order chi connectivity index (χ0) is 31.6. The first-order chi connectivity index (χ1) is 22.6. The van der Waals surface area contributed by atoms with Crippen LogP contribution in [-0.2, 0) is 0 Å². The molecule has 3 atom stereocenters. The fourth-order valence-electron chi connectivity index (χ4n) is 7.25. The summed E-state index contributed by atoms with van der Waals surface area (Å²) in [5.74, 6) is 0.669. The van der Waals surface area contributed by atoms with Crippen molar-refractivity contribution in [2.24, 2.45) is 23.5 Å². The predicted molar refractivity (Wildman–Crippen MR) is 186 cm³/mol. The lowest BCUT2D eigenvalue weighted by atomic mass is 9.72. The maximum atomic E-state index is 9.51. The van der Waals surface area contributed by atoms with Crippen LogP contribution in [0.2, 0.25) is 0 Å². The number of hydrogen-bond donors (Lipinski definition) is 1. The van der Waals surface area contributed by atoms with Crippen molar-refractivity contribution in [2.75, 3.05) is 0 Å². The van der Waals surface area contributed by atoms with E-state index >= 15 is 0 Å². The Bertz CT molecular complexity index is 1950. The van der Waals surface area contributed by atoms with Crippen molar-refractivity contribution < 1.29 is 0 Å². The smallest absolute Gasteiger partial charge is 0.0991 e. The summed E-state index contributed by atoms with van der Waals surface area (Å²) in [5.41, 5.74) is 18.8. The van der Waals surface area contributed by atoms with Crippen LogP contribution in [0.1, 0.15) is 54.4 Å². The Hall–Kier alpha value is -5.58. The average Bonchev–Trinajstić information content (AvgIpc) is 3.13. The fourth-order valence-corrected chi connectivity index (χ4v) is 7.25. The van der Waals surface area contributed by atoms with Crippen molar-refractivity contribution >= 4 is 11.4 Å². The Labute approximate surface area is 271 Å². The maximum Gasteiger partial charge on any atom is 0.0991 e. The van der Waals surface area contributed by atoms with E-state index in [1.807, 2.05) is 36.4 Å². The molecule has 0 amide bonds. The number of fused-ring (bicyclic) bond motifs is 2. The molecule has 2 aromatic rings. The summed E-state index contributed by atoms with van der Waals surface area (Å²) in [4.78, 5) is 2.28. The van der Waals surface area contributed by atoms with Gasteiger partial charge in [-0.2, -0.15) is 10.5 Å². The van der Waals surface area contributed by atoms with Crippen molar-refractivity contribution in [3.05, 3.63) is 178 Å². The molecule has 2 aromatic carbocycles. The van der Waals surface area contributed by atoms with Crippen LogP contribution in [0.15, 0.2) is 156 Å². The van der Waals surface area contributed by atoms with E-state index in [9.17, 15) is 10.5 Å². The van der Waals surface area contributed by atoms with E-state index in [4.69, 9.17) is 12.3 Å². The van der Waals surface area contributed by atoms with Crippen molar-refractivity contribution in [2.45, 2.75) is 32.1 Å². The summed E-state index contributed by atoms with van der Waals surface area (Å²) in [6, 6.07) is 19.4. The molecule has 1 heterocycles. The number of benzene rings is 2. The molecule has 2 N–H and O–H groups in total. The molecule has 3 unspecified atom stereocenters. The fraction of sp³-hybridized carbons (Fsp3) is 0.190. The van der Waals surface area contributed by atoms with Crippen LogP contribution >= 0.6 is 0 Å². The lowest BCUT2D eigenvalue weighted by molar-refractivity contribution is 0.409. The monoisotopic (exact) mass is 596 g/mol. The van der Waals surface area contributed by atoms with Gasteiger partial charge in [-0.05, 0) is 84.2 Å². The van der Waals surface area contributed by atoms with E-state index in [-0.39, 0.29) is 11.8 Å². The summed E-state index contributed by atoms with van der Waals surface area (Å²) in [7, 11) is 0. The van der Waals surface area contributed by atoms with Gasteiger partial charge in [0, 0.05) is 34.7 Å². The summed E-state index contributed by atoms with van der Waals surface area (Å²) >= 11 is 0. The van der Waals surface area contributed by atoms with E-state index in [2.05, 4.69) is 83.9 Å². The highest BCUT2D eigenvalue weighted by Crippen LogP contribution is 2.50. The van der Waals surface area contributed by atoms with E-state index in [1.165, 1.54) is 28.0 Å². The minimum absolute atomic E-state index is 0.0413. The van der Waals surface area contributed by atoms with Gasteiger partial charge in [-0.25, -0.2) is 0 Å². The number of allylic oxidation sites excluding steroid dienone is 16. The zero-order valence-electron chi connectivity index (χ0n) is 25.9. The topological polar surface area (TPSA) is 76.8 Å². The minimum Gasteiger partial charge on any atom is -0.397 e. The maximum absolute atomic E-state index is 9.51. The van der Waals surface area contributed by atoms with Crippen LogP contribution in [0.5, 0.6) is 0 Å². The third-order valence-corrected chi connectivity index (χ3v) is 9.68.